The fourth-order valence-electron chi connectivity index (χ4n) is 2.13. The van der Waals surface area contributed by atoms with E-state index in [0.29, 0.717) is 18.4 Å². The van der Waals surface area contributed by atoms with Gasteiger partial charge in [-0.1, -0.05) is 0 Å². The number of anilines is 1. The molecule has 5 heteroatoms. The van der Waals surface area contributed by atoms with Gasteiger partial charge in [0.1, 0.15) is 0 Å². The average Bonchev–Trinajstić information content (AvgIpc) is 2.30. The Kier molecular flexibility index (Phi) is 4.83. The summed E-state index contributed by atoms with van der Waals surface area (Å²) in [4.78, 5) is 6.34. The highest BCUT2D eigenvalue weighted by Crippen LogP contribution is 2.29. The minimum Gasteiger partial charge on any atom is -0.504 e. The number of nitrogens with zero attached hydrogens (tertiary/aromatic N) is 2. The van der Waals surface area contributed by atoms with Crippen LogP contribution in [0.2, 0.25) is 0 Å². The second kappa shape index (κ2) is 5.92. The number of halogens is 1. The van der Waals surface area contributed by atoms with Gasteiger partial charge in [0.05, 0.1) is 0 Å². The molecule has 0 saturated carbocycles. The second-order valence-electron chi connectivity index (χ2n) is 3.92. The zero-order valence-corrected chi connectivity index (χ0v) is 9.99. The van der Waals surface area contributed by atoms with Gasteiger partial charge in [-0.2, -0.15) is 0 Å². The Hall–Kier alpha value is -1.00. The molecule has 0 bridgehead atoms. The first-order chi connectivity index (χ1) is 7.33. The molecular weight excluding hydrogens is 226 g/mol. The van der Waals surface area contributed by atoms with E-state index in [2.05, 4.69) is 9.88 Å². The number of piperidine rings is 1. The molecule has 4 nitrogen and oxygen atoms in total. The van der Waals surface area contributed by atoms with Crippen molar-refractivity contribution >= 4 is 18.2 Å². The van der Waals surface area contributed by atoms with Crippen LogP contribution in [0.25, 0.3) is 0 Å². The van der Waals surface area contributed by atoms with Crippen LogP contribution in [0.5, 0.6) is 5.75 Å². The number of aromatic hydroxyl groups is 1. The van der Waals surface area contributed by atoms with E-state index in [1.54, 1.807) is 18.3 Å². The summed E-state index contributed by atoms with van der Waals surface area (Å²) in [5.74, 6) is 0.922. The fourth-order valence-corrected chi connectivity index (χ4v) is 2.13. The molecule has 2 heterocycles. The topological polar surface area (TPSA) is 62.4 Å². The summed E-state index contributed by atoms with van der Waals surface area (Å²) in [6.45, 7) is 1.56. The summed E-state index contributed by atoms with van der Waals surface area (Å²) >= 11 is 0. The van der Waals surface area contributed by atoms with E-state index in [1.807, 2.05) is 0 Å². The molecule has 2 rings (SSSR count). The van der Waals surface area contributed by atoms with Crippen molar-refractivity contribution in [1.29, 1.82) is 0 Å². The third-order valence-electron chi connectivity index (χ3n) is 2.94. The molecule has 1 fully saturated rings. The van der Waals surface area contributed by atoms with Crippen molar-refractivity contribution in [3.8, 4) is 5.75 Å². The third-order valence-corrected chi connectivity index (χ3v) is 2.94. The van der Waals surface area contributed by atoms with E-state index in [-0.39, 0.29) is 18.2 Å². The van der Waals surface area contributed by atoms with Gasteiger partial charge in [0.15, 0.2) is 11.6 Å². The van der Waals surface area contributed by atoms with E-state index >= 15 is 0 Å². The van der Waals surface area contributed by atoms with Gasteiger partial charge in [-0.05, 0) is 31.4 Å². The van der Waals surface area contributed by atoms with Gasteiger partial charge in [0, 0.05) is 25.3 Å². The van der Waals surface area contributed by atoms with E-state index < -0.39 is 0 Å². The van der Waals surface area contributed by atoms with Crippen LogP contribution < -0.4 is 10.6 Å². The van der Waals surface area contributed by atoms with Crippen molar-refractivity contribution in [1.82, 2.24) is 4.98 Å². The van der Waals surface area contributed by atoms with Crippen LogP contribution in [0.1, 0.15) is 19.3 Å². The molecule has 1 aromatic rings. The number of hydrogen-bond acceptors (Lipinski definition) is 4. The van der Waals surface area contributed by atoms with Gasteiger partial charge in [-0.3, -0.25) is 0 Å². The number of pyridine rings is 1. The highest BCUT2D eigenvalue weighted by atomic mass is 35.5. The second-order valence-corrected chi connectivity index (χ2v) is 3.92. The summed E-state index contributed by atoms with van der Waals surface area (Å²) in [6, 6.07) is 3.73. The predicted molar refractivity (Wildman–Crippen MR) is 67.2 cm³/mol. The van der Waals surface area contributed by atoms with Gasteiger partial charge >= 0.3 is 0 Å². The molecule has 0 amide bonds. The molecule has 1 aromatic heterocycles. The molecule has 1 aliphatic rings. The quantitative estimate of drug-likeness (QED) is 0.827. The Morgan fingerprint density at radius 1 is 1.50 bits per heavy atom. The molecule has 0 aliphatic carbocycles. The molecule has 0 spiro atoms. The number of rotatable bonds is 2. The zero-order valence-electron chi connectivity index (χ0n) is 9.17. The SMILES string of the molecule is Cl.NCC1CCCCN1c1ncccc1O. The molecule has 16 heavy (non-hydrogen) atoms. The Morgan fingerprint density at radius 3 is 3.00 bits per heavy atom. The number of hydrogen-bond donors (Lipinski definition) is 2. The predicted octanol–water partition coefficient (Wildman–Crippen LogP) is 1.53. The lowest BCUT2D eigenvalue weighted by Gasteiger charge is -2.36. The van der Waals surface area contributed by atoms with Gasteiger partial charge < -0.3 is 15.7 Å². The van der Waals surface area contributed by atoms with Crippen LogP contribution in [-0.2, 0) is 0 Å². The maximum atomic E-state index is 9.73. The normalized spacial score (nSPS) is 20.3. The molecule has 1 aliphatic heterocycles. The number of nitrogens with two attached hydrogens (primary N) is 1. The molecular formula is C11H18ClN3O. The molecule has 3 N–H and O–H groups in total. The van der Waals surface area contributed by atoms with Crippen molar-refractivity contribution in [2.24, 2.45) is 5.73 Å². The van der Waals surface area contributed by atoms with Crippen molar-refractivity contribution in [2.75, 3.05) is 18.0 Å². The maximum Gasteiger partial charge on any atom is 0.171 e. The molecule has 1 atom stereocenters. The zero-order chi connectivity index (χ0) is 10.7. The summed E-state index contributed by atoms with van der Waals surface area (Å²) < 4.78 is 0. The van der Waals surface area contributed by atoms with E-state index in [1.165, 1.54) is 6.42 Å². The lowest BCUT2D eigenvalue weighted by atomic mass is 10.0. The van der Waals surface area contributed by atoms with Crippen LogP contribution >= 0.6 is 12.4 Å². The van der Waals surface area contributed by atoms with Gasteiger partial charge in [0.25, 0.3) is 0 Å². The Labute approximate surface area is 102 Å². The minimum absolute atomic E-state index is 0. The first kappa shape index (κ1) is 13.1. The van der Waals surface area contributed by atoms with E-state index in [0.717, 1.165) is 19.4 Å². The highest BCUT2D eigenvalue weighted by molar-refractivity contribution is 5.85. The third kappa shape index (κ3) is 2.57. The standard InChI is InChI=1S/C11H17N3O.ClH/c12-8-9-4-1-2-7-14(9)11-10(15)5-3-6-13-11;/h3,5-6,9,15H,1-2,4,7-8,12H2;1H. The fraction of sp³-hybridized carbons (Fsp3) is 0.545. The van der Waals surface area contributed by atoms with Crippen molar-refractivity contribution < 1.29 is 5.11 Å². The van der Waals surface area contributed by atoms with Crippen LogP contribution in [-0.4, -0.2) is 29.2 Å². The molecule has 0 aromatic carbocycles. The molecule has 90 valence electrons. The van der Waals surface area contributed by atoms with Gasteiger partial charge in [0.2, 0.25) is 0 Å². The van der Waals surface area contributed by atoms with Crippen molar-refractivity contribution in [3.05, 3.63) is 18.3 Å². The molecule has 1 saturated heterocycles. The van der Waals surface area contributed by atoms with Crippen LogP contribution in [0.4, 0.5) is 5.82 Å². The van der Waals surface area contributed by atoms with Crippen molar-refractivity contribution in [3.63, 3.8) is 0 Å². The Morgan fingerprint density at radius 2 is 2.31 bits per heavy atom. The summed E-state index contributed by atoms with van der Waals surface area (Å²) in [6.07, 6.45) is 5.15. The van der Waals surface area contributed by atoms with Gasteiger partial charge in [-0.15, -0.1) is 12.4 Å². The average molecular weight is 244 g/mol. The summed E-state index contributed by atoms with van der Waals surface area (Å²) in [5.41, 5.74) is 5.73. The smallest absolute Gasteiger partial charge is 0.171 e. The van der Waals surface area contributed by atoms with E-state index in [4.69, 9.17) is 5.73 Å². The van der Waals surface area contributed by atoms with Crippen molar-refractivity contribution in [2.45, 2.75) is 25.3 Å². The van der Waals surface area contributed by atoms with E-state index in [9.17, 15) is 5.11 Å². The van der Waals surface area contributed by atoms with Gasteiger partial charge in [-0.25, -0.2) is 4.98 Å². The number of aromatic nitrogens is 1. The molecule has 1 unspecified atom stereocenters. The Bertz CT molecular complexity index is 335. The van der Waals surface area contributed by atoms with Crippen LogP contribution in [0.15, 0.2) is 18.3 Å². The van der Waals surface area contributed by atoms with Crippen LogP contribution in [0.3, 0.4) is 0 Å². The van der Waals surface area contributed by atoms with Crippen LogP contribution in [0, 0.1) is 0 Å². The lowest BCUT2D eigenvalue weighted by Crippen LogP contribution is -2.44. The lowest BCUT2D eigenvalue weighted by molar-refractivity contribution is 0.437. The minimum atomic E-state index is 0. The monoisotopic (exact) mass is 243 g/mol. The first-order valence-electron chi connectivity index (χ1n) is 5.43. The summed E-state index contributed by atoms with van der Waals surface area (Å²) in [7, 11) is 0. The summed E-state index contributed by atoms with van der Waals surface area (Å²) in [5, 5.41) is 9.73. The molecule has 0 radical (unpaired) electrons. The Balaban J connectivity index is 0.00000128. The maximum absolute atomic E-state index is 9.73. The first-order valence-corrected chi connectivity index (χ1v) is 5.43. The largest absolute Gasteiger partial charge is 0.504 e. The highest BCUT2D eigenvalue weighted by Gasteiger charge is 2.23.